The van der Waals surface area contributed by atoms with Crippen molar-refractivity contribution in [1.82, 2.24) is 5.32 Å². The first-order chi connectivity index (χ1) is 7.15. The molecule has 0 aromatic carbocycles. The Morgan fingerprint density at radius 3 is 2.53 bits per heavy atom. The Morgan fingerprint density at radius 2 is 2.07 bits per heavy atom. The summed E-state index contributed by atoms with van der Waals surface area (Å²) in [6.45, 7) is 5.32. The van der Waals surface area contributed by atoms with Gasteiger partial charge in [-0.3, -0.25) is 4.79 Å². The molecule has 0 aliphatic carbocycles. The monoisotopic (exact) mass is 219 g/mol. The molecule has 0 spiro atoms. The van der Waals surface area contributed by atoms with Crippen molar-refractivity contribution < 1.29 is 19.0 Å². The van der Waals surface area contributed by atoms with E-state index in [1.807, 2.05) is 13.8 Å². The molecular weight excluding hydrogens is 198 g/mol. The third-order valence-corrected chi connectivity index (χ3v) is 1.94. The summed E-state index contributed by atoms with van der Waals surface area (Å²) in [5.41, 5.74) is 0. The minimum Gasteiger partial charge on any atom is -0.468 e. The van der Waals surface area contributed by atoms with Crippen molar-refractivity contribution >= 4 is 5.97 Å². The van der Waals surface area contributed by atoms with Gasteiger partial charge in [0.25, 0.3) is 0 Å². The summed E-state index contributed by atoms with van der Waals surface area (Å²) in [5, 5.41) is 2.82. The molecule has 0 aromatic rings. The zero-order valence-electron chi connectivity index (χ0n) is 9.91. The van der Waals surface area contributed by atoms with E-state index in [2.05, 4.69) is 10.1 Å². The van der Waals surface area contributed by atoms with E-state index in [1.165, 1.54) is 7.11 Å². The van der Waals surface area contributed by atoms with Crippen molar-refractivity contribution in [2.75, 3.05) is 34.0 Å². The van der Waals surface area contributed by atoms with Gasteiger partial charge in [-0.05, 0) is 20.9 Å². The highest BCUT2D eigenvalue weighted by atomic mass is 16.5. The van der Waals surface area contributed by atoms with Crippen molar-refractivity contribution in [2.45, 2.75) is 26.0 Å². The normalized spacial score (nSPS) is 14.7. The van der Waals surface area contributed by atoms with Crippen molar-refractivity contribution in [2.24, 2.45) is 0 Å². The van der Waals surface area contributed by atoms with Gasteiger partial charge in [0.1, 0.15) is 6.04 Å². The first kappa shape index (κ1) is 14.3. The molecule has 0 bridgehead atoms. The van der Waals surface area contributed by atoms with Gasteiger partial charge in [-0.1, -0.05) is 0 Å². The molecule has 0 heterocycles. The molecule has 2 atom stereocenters. The van der Waals surface area contributed by atoms with Gasteiger partial charge in [0.2, 0.25) is 0 Å². The average Bonchev–Trinajstić information content (AvgIpc) is 2.26. The highest BCUT2D eigenvalue weighted by Crippen LogP contribution is 1.96. The van der Waals surface area contributed by atoms with E-state index in [9.17, 15) is 4.79 Å². The number of carbonyl (C=O) groups excluding carboxylic acids is 1. The fourth-order valence-electron chi connectivity index (χ4n) is 1.00. The fourth-order valence-corrected chi connectivity index (χ4v) is 1.00. The van der Waals surface area contributed by atoms with Crippen LogP contribution in [0.15, 0.2) is 0 Å². The number of nitrogens with one attached hydrogen (secondary N) is 1. The topological polar surface area (TPSA) is 56.8 Å². The molecule has 5 heteroatoms. The smallest absolute Gasteiger partial charge is 0.325 e. The Bertz CT molecular complexity index is 175. The van der Waals surface area contributed by atoms with E-state index in [0.717, 1.165) is 0 Å². The van der Waals surface area contributed by atoms with Crippen LogP contribution in [0.5, 0.6) is 0 Å². The Hall–Kier alpha value is -0.650. The van der Waals surface area contributed by atoms with E-state index in [4.69, 9.17) is 9.47 Å². The lowest BCUT2D eigenvalue weighted by molar-refractivity contribution is -0.145. The van der Waals surface area contributed by atoms with E-state index in [1.54, 1.807) is 7.05 Å². The Kier molecular flexibility index (Phi) is 8.27. The van der Waals surface area contributed by atoms with Crippen molar-refractivity contribution in [3.05, 3.63) is 0 Å². The number of hydrogen-bond donors (Lipinski definition) is 1. The Labute approximate surface area is 91.1 Å². The number of rotatable bonds is 8. The lowest BCUT2D eigenvalue weighted by Gasteiger charge is -2.17. The standard InChI is InChI=1S/C10H21NO4/c1-5-14-6-8(2)15-7-9(11-3)10(12)13-4/h8-9,11H,5-7H2,1-4H3. The molecule has 0 rings (SSSR count). The maximum absolute atomic E-state index is 11.2. The van der Waals surface area contributed by atoms with Crippen molar-refractivity contribution in [3.63, 3.8) is 0 Å². The van der Waals surface area contributed by atoms with Gasteiger partial charge in [-0.25, -0.2) is 0 Å². The number of ether oxygens (including phenoxy) is 3. The van der Waals surface area contributed by atoms with Crippen molar-refractivity contribution in [1.29, 1.82) is 0 Å². The molecule has 0 aliphatic rings. The molecule has 0 amide bonds. The number of methoxy groups -OCH3 is 1. The zero-order chi connectivity index (χ0) is 11.7. The highest BCUT2D eigenvalue weighted by Gasteiger charge is 2.18. The molecule has 0 fully saturated rings. The van der Waals surface area contributed by atoms with Gasteiger partial charge in [0.15, 0.2) is 0 Å². The molecular formula is C10H21NO4. The van der Waals surface area contributed by atoms with Gasteiger partial charge in [0.05, 0.1) is 26.4 Å². The van der Waals surface area contributed by atoms with Crippen LogP contribution in [0.25, 0.3) is 0 Å². The molecule has 5 nitrogen and oxygen atoms in total. The third-order valence-electron chi connectivity index (χ3n) is 1.94. The lowest BCUT2D eigenvalue weighted by atomic mass is 10.3. The molecule has 1 N–H and O–H groups in total. The van der Waals surface area contributed by atoms with E-state index >= 15 is 0 Å². The van der Waals surface area contributed by atoms with Crippen LogP contribution in [0, 0.1) is 0 Å². The second-order valence-electron chi connectivity index (χ2n) is 3.17. The molecule has 90 valence electrons. The highest BCUT2D eigenvalue weighted by molar-refractivity contribution is 5.75. The predicted molar refractivity (Wildman–Crippen MR) is 56.8 cm³/mol. The average molecular weight is 219 g/mol. The minimum absolute atomic E-state index is 0.0227. The first-order valence-corrected chi connectivity index (χ1v) is 5.10. The second-order valence-corrected chi connectivity index (χ2v) is 3.17. The van der Waals surface area contributed by atoms with E-state index in [0.29, 0.717) is 13.2 Å². The molecule has 0 saturated carbocycles. The summed E-state index contributed by atoms with van der Waals surface area (Å²) in [7, 11) is 3.05. The second kappa shape index (κ2) is 8.64. The predicted octanol–water partition coefficient (Wildman–Crippen LogP) is 0.189. The van der Waals surface area contributed by atoms with Gasteiger partial charge in [-0.15, -0.1) is 0 Å². The van der Waals surface area contributed by atoms with Crippen LogP contribution in [-0.4, -0.2) is 52.1 Å². The molecule has 0 saturated heterocycles. The number of carbonyl (C=O) groups is 1. The maximum Gasteiger partial charge on any atom is 0.325 e. The van der Waals surface area contributed by atoms with Gasteiger partial charge >= 0.3 is 5.97 Å². The van der Waals surface area contributed by atoms with Crippen LogP contribution in [0.2, 0.25) is 0 Å². The number of hydrogen-bond acceptors (Lipinski definition) is 5. The summed E-state index contributed by atoms with van der Waals surface area (Å²) >= 11 is 0. The van der Waals surface area contributed by atoms with Crippen LogP contribution in [0.1, 0.15) is 13.8 Å². The fraction of sp³-hybridized carbons (Fsp3) is 0.900. The Morgan fingerprint density at radius 1 is 1.40 bits per heavy atom. The number of likely N-dealkylation sites (N-methyl/N-ethyl adjacent to an activating group) is 1. The number of esters is 1. The van der Waals surface area contributed by atoms with Gasteiger partial charge < -0.3 is 19.5 Å². The Balaban J connectivity index is 3.74. The molecule has 2 unspecified atom stereocenters. The summed E-state index contributed by atoms with van der Waals surface area (Å²) in [4.78, 5) is 11.2. The largest absolute Gasteiger partial charge is 0.468 e. The molecule has 15 heavy (non-hydrogen) atoms. The van der Waals surface area contributed by atoms with Crippen LogP contribution >= 0.6 is 0 Å². The lowest BCUT2D eigenvalue weighted by Crippen LogP contribution is -2.40. The van der Waals surface area contributed by atoms with Crippen LogP contribution in [-0.2, 0) is 19.0 Å². The van der Waals surface area contributed by atoms with E-state index in [-0.39, 0.29) is 18.7 Å². The minimum atomic E-state index is -0.418. The van der Waals surface area contributed by atoms with Crippen LogP contribution in [0.3, 0.4) is 0 Å². The van der Waals surface area contributed by atoms with Crippen LogP contribution in [0.4, 0.5) is 0 Å². The summed E-state index contributed by atoms with van der Waals surface area (Å²) in [6.07, 6.45) is -0.0227. The summed E-state index contributed by atoms with van der Waals surface area (Å²) in [5.74, 6) is -0.318. The molecule has 0 aromatic heterocycles. The zero-order valence-corrected chi connectivity index (χ0v) is 9.91. The van der Waals surface area contributed by atoms with Gasteiger partial charge in [0, 0.05) is 6.61 Å². The quantitative estimate of drug-likeness (QED) is 0.591. The molecule has 0 aliphatic heterocycles. The third kappa shape index (κ3) is 6.43. The van der Waals surface area contributed by atoms with E-state index < -0.39 is 6.04 Å². The maximum atomic E-state index is 11.2. The first-order valence-electron chi connectivity index (χ1n) is 5.10. The van der Waals surface area contributed by atoms with Crippen LogP contribution < -0.4 is 5.32 Å². The summed E-state index contributed by atoms with van der Waals surface area (Å²) in [6, 6.07) is -0.418. The van der Waals surface area contributed by atoms with Crippen molar-refractivity contribution in [3.8, 4) is 0 Å². The SMILES string of the molecule is CCOCC(C)OCC(NC)C(=O)OC. The summed E-state index contributed by atoms with van der Waals surface area (Å²) < 4.78 is 15.2. The van der Waals surface area contributed by atoms with Gasteiger partial charge in [-0.2, -0.15) is 0 Å². The molecule has 0 radical (unpaired) electrons.